The predicted octanol–water partition coefficient (Wildman–Crippen LogP) is 12.0. The highest BCUT2D eigenvalue weighted by atomic mass is 16.6. The number of allylic oxidation sites excluding steroid dienone is 7. The number of ether oxygens (including phenoxy) is 3. The lowest BCUT2D eigenvalue weighted by atomic mass is 10.0. The van der Waals surface area contributed by atoms with Crippen molar-refractivity contribution in [3.8, 4) is 0 Å². The Labute approximate surface area is 295 Å². The van der Waals surface area contributed by atoms with Gasteiger partial charge < -0.3 is 14.2 Å². The predicted molar refractivity (Wildman–Crippen MR) is 201 cm³/mol. The van der Waals surface area contributed by atoms with Gasteiger partial charge in [0.2, 0.25) is 0 Å². The number of hydrogen-bond acceptors (Lipinski definition) is 6. The summed E-state index contributed by atoms with van der Waals surface area (Å²) in [6, 6.07) is 0. The van der Waals surface area contributed by atoms with E-state index in [4.69, 9.17) is 14.2 Å². The Morgan fingerprint density at radius 1 is 0.458 bits per heavy atom. The number of hydrogen-bond donors (Lipinski definition) is 0. The third-order valence-corrected chi connectivity index (χ3v) is 8.10. The van der Waals surface area contributed by atoms with E-state index >= 15 is 0 Å². The van der Waals surface area contributed by atoms with E-state index in [-0.39, 0.29) is 31.6 Å². The van der Waals surface area contributed by atoms with Gasteiger partial charge in [0.15, 0.2) is 6.10 Å². The summed E-state index contributed by atoms with van der Waals surface area (Å²) in [6.07, 6.45) is 41.4. The zero-order valence-electron chi connectivity index (χ0n) is 31.2. The van der Waals surface area contributed by atoms with E-state index in [1.165, 1.54) is 83.5 Å². The van der Waals surface area contributed by atoms with Crippen molar-refractivity contribution in [2.24, 2.45) is 0 Å². The zero-order valence-corrected chi connectivity index (χ0v) is 31.2. The van der Waals surface area contributed by atoms with Gasteiger partial charge in [0.1, 0.15) is 13.2 Å². The van der Waals surface area contributed by atoms with Crippen molar-refractivity contribution in [2.75, 3.05) is 13.2 Å². The van der Waals surface area contributed by atoms with Crippen LogP contribution in [0.3, 0.4) is 0 Å². The largest absolute Gasteiger partial charge is 0.462 e. The third kappa shape index (κ3) is 34.7. The van der Waals surface area contributed by atoms with E-state index in [0.717, 1.165) is 51.4 Å². The van der Waals surface area contributed by atoms with Crippen molar-refractivity contribution < 1.29 is 28.6 Å². The molecule has 0 amide bonds. The minimum Gasteiger partial charge on any atom is -0.462 e. The number of unbranched alkanes of at least 4 members (excludes halogenated alkanes) is 16. The quantitative estimate of drug-likeness (QED) is 0.0293. The van der Waals surface area contributed by atoms with Gasteiger partial charge >= 0.3 is 17.9 Å². The van der Waals surface area contributed by atoms with Crippen LogP contribution in [-0.2, 0) is 28.6 Å². The summed E-state index contributed by atoms with van der Waals surface area (Å²) in [5.74, 6) is -1.09. The molecule has 0 bridgehead atoms. The van der Waals surface area contributed by atoms with Gasteiger partial charge in [-0.1, -0.05) is 159 Å². The lowest BCUT2D eigenvalue weighted by Gasteiger charge is -2.18. The summed E-state index contributed by atoms with van der Waals surface area (Å²) in [7, 11) is 0. The number of carbonyl (C=O) groups is 3. The molecule has 0 spiro atoms. The molecule has 0 aromatic heterocycles. The SMILES string of the molecule is CC/C=C\C/C=C\C/C=C\CC(=O)OC(COC(=O)CCC/C=C\CCCCCC)COC(=O)CCCCCCCCCCCCCC. The second kappa shape index (κ2) is 37.2. The van der Waals surface area contributed by atoms with Crippen LogP contribution >= 0.6 is 0 Å². The zero-order chi connectivity index (χ0) is 35.2. The van der Waals surface area contributed by atoms with Crippen molar-refractivity contribution in [1.29, 1.82) is 0 Å². The molecule has 6 heteroatoms. The molecule has 0 saturated carbocycles. The highest BCUT2D eigenvalue weighted by Gasteiger charge is 2.19. The third-order valence-electron chi connectivity index (χ3n) is 8.10. The van der Waals surface area contributed by atoms with Gasteiger partial charge in [-0.3, -0.25) is 14.4 Å². The molecule has 6 nitrogen and oxygen atoms in total. The van der Waals surface area contributed by atoms with Crippen molar-refractivity contribution in [3.05, 3.63) is 48.6 Å². The molecule has 0 aliphatic rings. The molecule has 48 heavy (non-hydrogen) atoms. The van der Waals surface area contributed by atoms with E-state index in [1.54, 1.807) is 6.08 Å². The lowest BCUT2D eigenvalue weighted by Crippen LogP contribution is -2.30. The first-order valence-corrected chi connectivity index (χ1v) is 19.6. The van der Waals surface area contributed by atoms with Crippen molar-refractivity contribution in [2.45, 2.75) is 187 Å². The summed E-state index contributed by atoms with van der Waals surface area (Å²) >= 11 is 0. The maximum Gasteiger partial charge on any atom is 0.310 e. The highest BCUT2D eigenvalue weighted by molar-refractivity contribution is 5.72. The molecule has 1 unspecified atom stereocenters. The van der Waals surface area contributed by atoms with Gasteiger partial charge in [-0.25, -0.2) is 0 Å². The van der Waals surface area contributed by atoms with Crippen LogP contribution in [0.1, 0.15) is 181 Å². The van der Waals surface area contributed by atoms with Gasteiger partial charge in [-0.15, -0.1) is 0 Å². The Bertz CT molecular complexity index is 871. The van der Waals surface area contributed by atoms with E-state index in [9.17, 15) is 14.4 Å². The van der Waals surface area contributed by atoms with Crippen LogP contribution < -0.4 is 0 Å². The number of rotatable bonds is 34. The van der Waals surface area contributed by atoms with Crippen LogP contribution in [0.4, 0.5) is 0 Å². The van der Waals surface area contributed by atoms with Gasteiger partial charge in [0.05, 0.1) is 6.42 Å². The average Bonchev–Trinajstić information content (AvgIpc) is 3.08. The molecule has 0 aliphatic carbocycles. The second-order valence-electron chi connectivity index (χ2n) is 12.8. The van der Waals surface area contributed by atoms with E-state index in [1.807, 2.05) is 6.08 Å². The first kappa shape index (κ1) is 45.4. The first-order chi connectivity index (χ1) is 23.5. The van der Waals surface area contributed by atoms with Crippen LogP contribution in [0.25, 0.3) is 0 Å². The monoisotopic (exact) mass is 673 g/mol. The Morgan fingerprint density at radius 3 is 1.44 bits per heavy atom. The maximum absolute atomic E-state index is 12.5. The number of carbonyl (C=O) groups excluding carboxylic acids is 3. The second-order valence-corrected chi connectivity index (χ2v) is 12.8. The topological polar surface area (TPSA) is 78.9 Å². The minimum absolute atomic E-state index is 0.103. The summed E-state index contributed by atoms with van der Waals surface area (Å²) in [5, 5.41) is 0. The van der Waals surface area contributed by atoms with Crippen molar-refractivity contribution in [1.82, 2.24) is 0 Å². The minimum atomic E-state index is -0.825. The van der Waals surface area contributed by atoms with E-state index in [2.05, 4.69) is 57.2 Å². The molecule has 0 fully saturated rings. The molecule has 0 aromatic carbocycles. The molecule has 1 atom stereocenters. The van der Waals surface area contributed by atoms with Gasteiger partial charge in [-0.2, -0.15) is 0 Å². The fourth-order valence-electron chi connectivity index (χ4n) is 5.15. The molecular weight excluding hydrogens is 600 g/mol. The Morgan fingerprint density at radius 2 is 0.896 bits per heavy atom. The summed E-state index contributed by atoms with van der Waals surface area (Å²) in [6.45, 7) is 6.33. The van der Waals surface area contributed by atoms with Crippen LogP contribution in [0.5, 0.6) is 0 Å². The first-order valence-electron chi connectivity index (χ1n) is 19.6. The molecule has 0 aromatic rings. The molecule has 0 rings (SSSR count). The molecular formula is C42H72O6. The molecule has 0 radical (unpaired) electrons. The van der Waals surface area contributed by atoms with E-state index in [0.29, 0.717) is 19.3 Å². The Balaban J connectivity index is 4.47. The van der Waals surface area contributed by atoms with Gasteiger partial charge in [0, 0.05) is 12.8 Å². The van der Waals surface area contributed by atoms with Crippen LogP contribution in [0, 0.1) is 0 Å². The van der Waals surface area contributed by atoms with Crippen LogP contribution in [0.15, 0.2) is 48.6 Å². The average molecular weight is 673 g/mol. The fourth-order valence-corrected chi connectivity index (χ4v) is 5.15. The Hall–Kier alpha value is -2.63. The summed E-state index contributed by atoms with van der Waals surface area (Å²) in [4.78, 5) is 37.3. The van der Waals surface area contributed by atoms with Gasteiger partial charge in [0.25, 0.3) is 0 Å². The summed E-state index contributed by atoms with van der Waals surface area (Å²) in [5.41, 5.74) is 0. The number of esters is 3. The van der Waals surface area contributed by atoms with Crippen molar-refractivity contribution >= 4 is 17.9 Å². The van der Waals surface area contributed by atoms with E-state index < -0.39 is 12.1 Å². The van der Waals surface area contributed by atoms with Crippen molar-refractivity contribution in [3.63, 3.8) is 0 Å². The van der Waals surface area contributed by atoms with Crippen LogP contribution in [-0.4, -0.2) is 37.2 Å². The molecule has 0 heterocycles. The Kier molecular flexibility index (Phi) is 35.2. The molecule has 0 saturated heterocycles. The van der Waals surface area contributed by atoms with Crippen LogP contribution in [0.2, 0.25) is 0 Å². The normalized spacial score (nSPS) is 12.5. The maximum atomic E-state index is 12.5. The smallest absolute Gasteiger partial charge is 0.310 e. The fraction of sp³-hybridized carbons (Fsp3) is 0.738. The van der Waals surface area contributed by atoms with Gasteiger partial charge in [-0.05, 0) is 51.4 Å². The summed E-state index contributed by atoms with van der Waals surface area (Å²) < 4.78 is 16.4. The molecule has 0 aliphatic heterocycles. The molecule has 276 valence electrons. The lowest BCUT2D eigenvalue weighted by molar-refractivity contribution is -0.166. The standard InChI is InChI=1S/C42H72O6/c1-4-7-10-13-16-19-20-21-24-26-29-32-35-41(44)47-38-39(48-42(45)36-33-30-27-23-18-15-12-9-6-3)37-46-40(43)34-31-28-25-22-17-14-11-8-5-2/h9,12,18,22-23,25,30,33,39H,4-8,10-11,13-17,19-21,24,26-29,31-32,34-38H2,1-3H3/b12-9-,23-18-,25-22-,33-30-. The highest BCUT2D eigenvalue weighted by Crippen LogP contribution is 2.13. The molecule has 0 N–H and O–H groups in total.